The van der Waals surface area contributed by atoms with Gasteiger partial charge in [-0.05, 0) is 49.1 Å². The highest BCUT2D eigenvalue weighted by Gasteiger charge is 2.67. The van der Waals surface area contributed by atoms with Crippen molar-refractivity contribution in [3.8, 4) is 0 Å². The summed E-state index contributed by atoms with van der Waals surface area (Å²) in [6, 6.07) is 7.07. The molecule has 1 aliphatic carbocycles. The second-order valence-corrected chi connectivity index (χ2v) is 8.39. The summed E-state index contributed by atoms with van der Waals surface area (Å²) >= 11 is 0. The van der Waals surface area contributed by atoms with Crippen LogP contribution in [0.5, 0.6) is 0 Å². The van der Waals surface area contributed by atoms with Crippen molar-refractivity contribution in [2.75, 3.05) is 5.32 Å². The maximum atomic E-state index is 13.1. The van der Waals surface area contributed by atoms with Crippen LogP contribution in [0.1, 0.15) is 51.5 Å². The molecule has 2 heterocycles. The number of carbonyl (C=O) groups excluding carboxylic acids is 1. The minimum absolute atomic E-state index is 0.0420. The van der Waals surface area contributed by atoms with Crippen LogP contribution in [0.25, 0.3) is 0 Å². The molecular weight excluding hydrogens is 304 g/mol. The van der Waals surface area contributed by atoms with Crippen LogP contribution in [0.2, 0.25) is 0 Å². The number of nitrogens with one attached hydrogen (secondary N) is 2. The number of hydrogen-bond acceptors (Lipinski definition) is 3. The van der Waals surface area contributed by atoms with E-state index in [1.54, 1.807) is 0 Å². The molecule has 128 valence electrons. The van der Waals surface area contributed by atoms with Crippen LogP contribution in [0, 0.1) is 5.41 Å². The fourth-order valence-corrected chi connectivity index (χ4v) is 5.08. The van der Waals surface area contributed by atoms with Crippen molar-refractivity contribution < 1.29 is 14.7 Å². The number of fused-ring (bicyclic) bond motifs is 3. The van der Waals surface area contributed by atoms with Crippen molar-refractivity contribution in [1.82, 2.24) is 5.32 Å². The van der Waals surface area contributed by atoms with Crippen LogP contribution in [-0.4, -0.2) is 28.6 Å². The standard InChI is InChI=1S/C19H24N2O3/c1-17(2)7-9-18(10-8-17)19(11-14(21-18)15(22)23)12-5-3-4-6-13(12)20-16(19)24/h3-6,14,21H,7-11H2,1-2H3,(H,20,24)(H,22,23). The van der Waals surface area contributed by atoms with E-state index >= 15 is 0 Å². The molecule has 2 atom stereocenters. The molecule has 2 spiro atoms. The van der Waals surface area contributed by atoms with Gasteiger partial charge in [0.1, 0.15) is 6.04 Å². The predicted molar refractivity (Wildman–Crippen MR) is 90.9 cm³/mol. The van der Waals surface area contributed by atoms with Crippen molar-refractivity contribution in [3.05, 3.63) is 29.8 Å². The topological polar surface area (TPSA) is 78.4 Å². The van der Waals surface area contributed by atoms with Crippen LogP contribution in [0.4, 0.5) is 5.69 Å². The second kappa shape index (κ2) is 4.82. The summed E-state index contributed by atoms with van der Waals surface area (Å²) in [6.07, 6.45) is 3.95. The first-order valence-electron chi connectivity index (χ1n) is 8.71. The Hall–Kier alpha value is -1.88. The van der Waals surface area contributed by atoms with Crippen LogP contribution in [-0.2, 0) is 15.0 Å². The Morgan fingerprint density at radius 3 is 2.50 bits per heavy atom. The maximum Gasteiger partial charge on any atom is 0.320 e. The Bertz CT molecular complexity index is 717. The number of aliphatic carboxylic acids is 1. The lowest BCUT2D eigenvalue weighted by Crippen LogP contribution is -2.60. The zero-order valence-corrected chi connectivity index (χ0v) is 14.2. The Kier molecular flexibility index (Phi) is 3.14. The molecule has 5 nitrogen and oxygen atoms in total. The number of carboxylic acids is 1. The number of para-hydroxylation sites is 1. The lowest BCUT2D eigenvalue weighted by molar-refractivity contribution is -0.139. The number of anilines is 1. The van der Waals surface area contributed by atoms with Crippen LogP contribution in [0.15, 0.2) is 24.3 Å². The summed E-state index contributed by atoms with van der Waals surface area (Å²) < 4.78 is 0. The van der Waals surface area contributed by atoms with Crippen molar-refractivity contribution in [2.24, 2.45) is 5.41 Å². The quantitative estimate of drug-likeness (QED) is 0.740. The average molecular weight is 328 g/mol. The van der Waals surface area contributed by atoms with Gasteiger partial charge >= 0.3 is 5.97 Å². The number of carboxylic acid groups (broad SMARTS) is 1. The van der Waals surface area contributed by atoms with E-state index in [1.165, 1.54) is 0 Å². The van der Waals surface area contributed by atoms with Gasteiger partial charge in [-0.3, -0.25) is 14.9 Å². The molecule has 24 heavy (non-hydrogen) atoms. The van der Waals surface area contributed by atoms with Gasteiger partial charge in [0, 0.05) is 11.2 Å². The highest BCUT2D eigenvalue weighted by atomic mass is 16.4. The number of amides is 1. The molecular formula is C19H24N2O3. The zero-order valence-electron chi connectivity index (χ0n) is 14.2. The molecule has 2 fully saturated rings. The number of rotatable bonds is 1. The summed E-state index contributed by atoms with van der Waals surface area (Å²) in [5, 5.41) is 16.0. The fourth-order valence-electron chi connectivity index (χ4n) is 5.08. The van der Waals surface area contributed by atoms with Gasteiger partial charge in [-0.1, -0.05) is 32.0 Å². The minimum atomic E-state index is -0.867. The molecule has 2 unspecified atom stereocenters. The maximum absolute atomic E-state index is 13.1. The normalized spacial score (nSPS) is 32.8. The molecule has 1 aromatic rings. The summed E-state index contributed by atoms with van der Waals surface area (Å²) in [4.78, 5) is 24.8. The van der Waals surface area contributed by atoms with Gasteiger partial charge in [-0.2, -0.15) is 0 Å². The smallest absolute Gasteiger partial charge is 0.320 e. The first-order chi connectivity index (χ1) is 11.3. The third-order valence-electron chi connectivity index (χ3n) is 6.56. The van der Waals surface area contributed by atoms with Gasteiger partial charge in [-0.15, -0.1) is 0 Å². The molecule has 0 radical (unpaired) electrons. The van der Waals surface area contributed by atoms with E-state index in [-0.39, 0.29) is 11.3 Å². The molecule has 1 saturated heterocycles. The summed E-state index contributed by atoms with van der Waals surface area (Å²) in [7, 11) is 0. The molecule has 0 bridgehead atoms. The largest absolute Gasteiger partial charge is 0.480 e. The van der Waals surface area contributed by atoms with Crippen LogP contribution >= 0.6 is 0 Å². The fraction of sp³-hybridized carbons (Fsp3) is 0.579. The van der Waals surface area contributed by atoms with Crippen LogP contribution < -0.4 is 10.6 Å². The van der Waals surface area contributed by atoms with E-state index in [4.69, 9.17) is 0 Å². The van der Waals surface area contributed by atoms with Gasteiger partial charge in [0.2, 0.25) is 5.91 Å². The van der Waals surface area contributed by atoms with Crippen molar-refractivity contribution >= 4 is 17.6 Å². The van der Waals surface area contributed by atoms with E-state index in [0.29, 0.717) is 6.42 Å². The van der Waals surface area contributed by atoms with Gasteiger partial charge in [0.15, 0.2) is 0 Å². The van der Waals surface area contributed by atoms with Crippen LogP contribution in [0.3, 0.4) is 0 Å². The Labute approximate surface area is 141 Å². The second-order valence-electron chi connectivity index (χ2n) is 8.39. The van der Waals surface area contributed by atoms with Gasteiger partial charge in [-0.25, -0.2) is 0 Å². The first kappa shape index (κ1) is 15.6. The molecule has 3 aliphatic rings. The molecule has 3 N–H and O–H groups in total. The molecule has 1 saturated carbocycles. The molecule has 1 amide bonds. The molecule has 4 rings (SSSR count). The molecule has 2 aliphatic heterocycles. The molecule has 0 aromatic heterocycles. The van der Waals surface area contributed by atoms with Crippen molar-refractivity contribution in [1.29, 1.82) is 0 Å². The average Bonchev–Trinajstić information content (AvgIpc) is 3.02. The van der Waals surface area contributed by atoms with Gasteiger partial charge in [0.25, 0.3) is 0 Å². The van der Waals surface area contributed by atoms with E-state index in [0.717, 1.165) is 36.9 Å². The number of benzene rings is 1. The first-order valence-corrected chi connectivity index (χ1v) is 8.71. The number of hydrogen-bond donors (Lipinski definition) is 3. The van der Waals surface area contributed by atoms with E-state index in [9.17, 15) is 14.7 Å². The minimum Gasteiger partial charge on any atom is -0.480 e. The molecule has 1 aromatic carbocycles. The number of carbonyl (C=O) groups is 2. The predicted octanol–water partition coefficient (Wildman–Crippen LogP) is 2.66. The van der Waals surface area contributed by atoms with E-state index in [1.807, 2.05) is 24.3 Å². The zero-order chi connectivity index (χ0) is 17.2. The van der Waals surface area contributed by atoms with E-state index in [2.05, 4.69) is 24.5 Å². The van der Waals surface area contributed by atoms with E-state index < -0.39 is 23.0 Å². The van der Waals surface area contributed by atoms with Gasteiger partial charge in [0.05, 0.1) is 5.41 Å². The van der Waals surface area contributed by atoms with Crippen molar-refractivity contribution in [2.45, 2.75) is 62.9 Å². The Morgan fingerprint density at radius 1 is 1.17 bits per heavy atom. The van der Waals surface area contributed by atoms with Gasteiger partial charge < -0.3 is 10.4 Å². The Morgan fingerprint density at radius 2 is 1.83 bits per heavy atom. The summed E-state index contributed by atoms with van der Waals surface area (Å²) in [5.74, 6) is -0.909. The highest BCUT2D eigenvalue weighted by molar-refractivity contribution is 6.08. The lowest BCUT2D eigenvalue weighted by Gasteiger charge is -2.49. The SMILES string of the molecule is CC1(C)CCC2(CC1)NC(C(=O)O)CC21C(=O)Nc2ccccc21. The lowest BCUT2D eigenvalue weighted by atomic mass is 9.57. The third kappa shape index (κ3) is 1.91. The van der Waals surface area contributed by atoms with Crippen molar-refractivity contribution in [3.63, 3.8) is 0 Å². The Balaban J connectivity index is 1.86. The molecule has 5 heteroatoms. The summed E-state index contributed by atoms with van der Waals surface area (Å²) in [5.41, 5.74) is 0.792. The summed E-state index contributed by atoms with van der Waals surface area (Å²) in [6.45, 7) is 4.50. The monoisotopic (exact) mass is 328 g/mol. The third-order valence-corrected chi connectivity index (χ3v) is 6.56. The highest BCUT2D eigenvalue weighted by Crippen LogP contribution is 2.58.